The van der Waals surface area contributed by atoms with E-state index in [0.29, 0.717) is 17.8 Å². The van der Waals surface area contributed by atoms with Gasteiger partial charge in [-0.3, -0.25) is 4.79 Å². The first-order valence-electron chi connectivity index (χ1n) is 9.27. The van der Waals surface area contributed by atoms with Gasteiger partial charge in [0.1, 0.15) is 0 Å². The Morgan fingerprint density at radius 2 is 2.07 bits per heavy atom. The van der Waals surface area contributed by atoms with E-state index in [2.05, 4.69) is 32.8 Å². The van der Waals surface area contributed by atoms with Gasteiger partial charge in [0.15, 0.2) is 5.69 Å². The first kappa shape index (κ1) is 20.4. The molecule has 2 aromatic rings. The Hall–Kier alpha value is -1.85. The van der Waals surface area contributed by atoms with Crippen molar-refractivity contribution in [3.05, 3.63) is 29.5 Å². The molecule has 29 heavy (non-hydrogen) atoms. The van der Waals surface area contributed by atoms with E-state index in [9.17, 15) is 18.0 Å². The Bertz CT molecular complexity index is 997. The Labute approximate surface area is 179 Å². The van der Waals surface area contributed by atoms with Crippen LogP contribution in [0.1, 0.15) is 37.4 Å². The summed E-state index contributed by atoms with van der Waals surface area (Å²) < 4.78 is 47.0. The maximum atomic E-state index is 13.3. The molecule has 0 aromatic carbocycles. The van der Waals surface area contributed by atoms with Crippen molar-refractivity contribution in [2.45, 2.75) is 32.4 Å². The van der Waals surface area contributed by atoms with Crippen molar-refractivity contribution in [3.8, 4) is 5.88 Å². The molecule has 0 bridgehead atoms. The van der Waals surface area contributed by atoms with Crippen molar-refractivity contribution in [3.63, 3.8) is 0 Å². The van der Waals surface area contributed by atoms with Crippen molar-refractivity contribution in [2.24, 2.45) is 16.4 Å². The summed E-state index contributed by atoms with van der Waals surface area (Å²) >= 11 is 2.33. The van der Waals surface area contributed by atoms with Gasteiger partial charge in [-0.1, -0.05) is 29.5 Å². The van der Waals surface area contributed by atoms with Crippen LogP contribution in [-0.4, -0.2) is 44.3 Å². The van der Waals surface area contributed by atoms with E-state index in [-0.39, 0.29) is 35.1 Å². The maximum absolute atomic E-state index is 13.3. The first-order chi connectivity index (χ1) is 13.7. The SMILES string of the molecule is COc1ccc(C2=NN(CC3(CI)CC3)C(=O)CC2C)c2cc(C(F)(F)F)nn12. The number of alkyl halides is 4. The molecule has 1 aliphatic carbocycles. The lowest BCUT2D eigenvalue weighted by atomic mass is 9.93. The fourth-order valence-corrected chi connectivity index (χ4v) is 4.58. The lowest BCUT2D eigenvalue weighted by Gasteiger charge is -2.30. The average molecular weight is 520 g/mol. The van der Waals surface area contributed by atoms with Crippen LogP contribution in [0.5, 0.6) is 5.88 Å². The molecule has 1 unspecified atom stereocenters. The predicted octanol–water partition coefficient (Wildman–Crippen LogP) is 4.15. The molecule has 6 nitrogen and oxygen atoms in total. The number of fused-ring (bicyclic) bond motifs is 1. The van der Waals surface area contributed by atoms with Crippen LogP contribution in [0.15, 0.2) is 23.3 Å². The summed E-state index contributed by atoms with van der Waals surface area (Å²) in [5, 5.41) is 9.78. The lowest BCUT2D eigenvalue weighted by Crippen LogP contribution is -2.39. The van der Waals surface area contributed by atoms with Crippen LogP contribution < -0.4 is 4.74 Å². The monoisotopic (exact) mass is 520 g/mol. The number of halogens is 4. The van der Waals surface area contributed by atoms with E-state index in [4.69, 9.17) is 4.74 Å². The minimum Gasteiger partial charge on any atom is -0.481 e. The summed E-state index contributed by atoms with van der Waals surface area (Å²) in [5.41, 5.74) is 0.489. The number of methoxy groups -OCH3 is 1. The van der Waals surface area contributed by atoms with Crippen LogP contribution in [0, 0.1) is 11.3 Å². The van der Waals surface area contributed by atoms with Crippen LogP contribution in [0.25, 0.3) is 5.52 Å². The fraction of sp³-hybridized carbons (Fsp3) is 0.526. The molecule has 0 N–H and O–H groups in total. The van der Waals surface area contributed by atoms with Crippen molar-refractivity contribution in [1.29, 1.82) is 0 Å². The molecule has 1 amide bonds. The maximum Gasteiger partial charge on any atom is 0.435 e. The molecular formula is C19H20F3IN4O2. The number of carbonyl (C=O) groups excluding carboxylic acids is 1. The molecule has 2 aromatic heterocycles. The third-order valence-corrected chi connectivity index (χ3v) is 7.17. The number of ether oxygens (including phenoxy) is 1. The van der Waals surface area contributed by atoms with Gasteiger partial charge in [0.25, 0.3) is 0 Å². The van der Waals surface area contributed by atoms with Gasteiger partial charge in [0.2, 0.25) is 11.8 Å². The molecule has 2 aliphatic rings. The van der Waals surface area contributed by atoms with Crippen LogP contribution in [-0.2, 0) is 11.0 Å². The number of hydrazone groups is 1. The van der Waals surface area contributed by atoms with Gasteiger partial charge in [-0.25, -0.2) is 5.01 Å². The van der Waals surface area contributed by atoms with E-state index in [0.717, 1.165) is 27.9 Å². The number of pyridine rings is 1. The van der Waals surface area contributed by atoms with E-state index in [1.807, 2.05) is 6.92 Å². The second-order valence-corrected chi connectivity index (χ2v) is 8.55. The van der Waals surface area contributed by atoms with Crippen molar-refractivity contribution in [1.82, 2.24) is 14.6 Å². The molecule has 10 heteroatoms. The highest BCUT2D eigenvalue weighted by atomic mass is 127. The normalized spacial score (nSPS) is 21.4. The molecular weight excluding hydrogens is 500 g/mol. The highest BCUT2D eigenvalue weighted by molar-refractivity contribution is 14.1. The lowest BCUT2D eigenvalue weighted by molar-refractivity contribution is -0.141. The summed E-state index contributed by atoms with van der Waals surface area (Å²) in [6, 6.07) is 4.25. The molecule has 1 saturated carbocycles. The zero-order valence-corrected chi connectivity index (χ0v) is 18.1. The zero-order valence-electron chi connectivity index (χ0n) is 16.0. The summed E-state index contributed by atoms with van der Waals surface area (Å²) in [4.78, 5) is 12.5. The Balaban J connectivity index is 1.81. The molecule has 1 aliphatic heterocycles. The van der Waals surface area contributed by atoms with Gasteiger partial charge in [-0.2, -0.15) is 27.9 Å². The molecule has 3 heterocycles. The highest BCUT2D eigenvalue weighted by Crippen LogP contribution is 2.48. The van der Waals surface area contributed by atoms with Gasteiger partial charge in [0.05, 0.1) is 24.9 Å². The summed E-state index contributed by atoms with van der Waals surface area (Å²) in [6.45, 7) is 2.41. The number of amides is 1. The average Bonchev–Trinajstić information content (AvgIpc) is 3.28. The smallest absolute Gasteiger partial charge is 0.435 e. The number of hydrogen-bond donors (Lipinski definition) is 0. The third-order valence-electron chi connectivity index (χ3n) is 5.55. The van der Waals surface area contributed by atoms with Gasteiger partial charge in [-0.05, 0) is 30.4 Å². The number of nitrogens with zero attached hydrogens (tertiary/aromatic N) is 4. The second kappa shape index (κ2) is 7.13. The standard InChI is InChI=1S/C19H20F3IN4O2/c1-11-7-15(28)26(10-18(9-23)5-6-18)25-17(11)12-3-4-16(29-2)27-13(12)8-14(24-27)19(20,21)22/h3-4,8,11H,5-7,9-10H2,1-2H3. The third kappa shape index (κ3) is 3.71. The molecule has 156 valence electrons. The molecule has 4 rings (SSSR count). The first-order valence-corrected chi connectivity index (χ1v) is 10.8. The quantitative estimate of drug-likeness (QED) is 0.440. The minimum absolute atomic E-state index is 0.0496. The van der Waals surface area contributed by atoms with E-state index in [1.54, 1.807) is 12.1 Å². The number of rotatable bonds is 5. The van der Waals surface area contributed by atoms with Gasteiger partial charge in [0, 0.05) is 28.4 Å². The van der Waals surface area contributed by atoms with Crippen LogP contribution in [0.2, 0.25) is 0 Å². The summed E-state index contributed by atoms with van der Waals surface area (Å²) in [6.07, 6.45) is -2.18. The molecule has 1 fully saturated rings. The van der Waals surface area contributed by atoms with E-state index >= 15 is 0 Å². The molecule has 0 saturated heterocycles. The fourth-order valence-electron chi connectivity index (χ4n) is 3.58. The summed E-state index contributed by atoms with van der Waals surface area (Å²) in [5.74, 6) is -0.0700. The molecule has 0 radical (unpaired) electrons. The van der Waals surface area contributed by atoms with Crippen molar-refractivity contribution in [2.75, 3.05) is 18.1 Å². The molecule has 0 spiro atoms. The predicted molar refractivity (Wildman–Crippen MR) is 109 cm³/mol. The Kier molecular flexibility index (Phi) is 5.02. The number of carbonyl (C=O) groups is 1. The minimum atomic E-state index is -4.57. The Morgan fingerprint density at radius 3 is 2.66 bits per heavy atom. The Morgan fingerprint density at radius 1 is 1.34 bits per heavy atom. The number of hydrogen-bond acceptors (Lipinski definition) is 4. The van der Waals surface area contributed by atoms with Crippen molar-refractivity contribution >= 4 is 39.7 Å². The van der Waals surface area contributed by atoms with E-state index in [1.165, 1.54) is 12.1 Å². The highest BCUT2D eigenvalue weighted by Gasteiger charge is 2.45. The van der Waals surface area contributed by atoms with E-state index < -0.39 is 11.9 Å². The summed E-state index contributed by atoms with van der Waals surface area (Å²) in [7, 11) is 1.38. The second-order valence-electron chi connectivity index (χ2n) is 7.79. The zero-order chi connectivity index (χ0) is 21.0. The van der Waals surface area contributed by atoms with Gasteiger partial charge in [-0.15, -0.1) is 0 Å². The molecule has 1 atom stereocenters. The van der Waals surface area contributed by atoms with Crippen LogP contribution >= 0.6 is 22.6 Å². The number of aromatic nitrogens is 2. The van der Waals surface area contributed by atoms with Gasteiger partial charge < -0.3 is 4.74 Å². The van der Waals surface area contributed by atoms with Crippen LogP contribution in [0.4, 0.5) is 13.2 Å². The van der Waals surface area contributed by atoms with Crippen LogP contribution in [0.3, 0.4) is 0 Å². The topological polar surface area (TPSA) is 59.2 Å². The van der Waals surface area contributed by atoms with Crippen molar-refractivity contribution < 1.29 is 22.7 Å². The van der Waals surface area contributed by atoms with Gasteiger partial charge >= 0.3 is 6.18 Å². The largest absolute Gasteiger partial charge is 0.481 e.